The van der Waals surface area contributed by atoms with E-state index in [1.54, 1.807) is 34.1 Å². The minimum atomic E-state index is -1.16. The predicted octanol–water partition coefficient (Wildman–Crippen LogP) is 4.19. The van der Waals surface area contributed by atoms with E-state index in [4.69, 9.17) is 0 Å². The summed E-state index contributed by atoms with van der Waals surface area (Å²) in [6.45, 7) is 0.508. The van der Waals surface area contributed by atoms with Crippen LogP contribution in [-0.4, -0.2) is 74.5 Å². The van der Waals surface area contributed by atoms with E-state index in [0.29, 0.717) is 30.8 Å². The number of hydrogen-bond donors (Lipinski definition) is 1. The van der Waals surface area contributed by atoms with Gasteiger partial charge in [-0.1, -0.05) is 42.5 Å². The number of aliphatic carboxylic acids is 1. The molecule has 2 bridgehead atoms. The van der Waals surface area contributed by atoms with Crippen LogP contribution in [0, 0.1) is 0 Å². The molecule has 2 aliphatic rings. The molecule has 3 atom stereocenters. The number of pyridine rings is 1. The number of para-hydroxylation sites is 2. The van der Waals surface area contributed by atoms with E-state index in [1.807, 2.05) is 72.8 Å². The number of nitrogens with zero attached hydrogens (tertiary/aromatic N) is 5. The SMILES string of the molecule is CN(Cc1cccnc1)C(=O)N1[C@H]2CC[C@@H]1[C@@H](C(=O)O)N(C(=O)N(c1ccccc1)c1ccccc1)C2. The van der Waals surface area contributed by atoms with Gasteiger partial charge in [0.15, 0.2) is 6.04 Å². The van der Waals surface area contributed by atoms with Crippen molar-refractivity contribution in [3.8, 4) is 0 Å². The van der Waals surface area contributed by atoms with Gasteiger partial charge in [0.1, 0.15) is 0 Å². The van der Waals surface area contributed by atoms with Crippen LogP contribution in [0.15, 0.2) is 85.2 Å². The Kier molecular flexibility index (Phi) is 6.76. The Hall–Kier alpha value is -4.40. The molecule has 1 aromatic heterocycles. The highest BCUT2D eigenvalue weighted by atomic mass is 16.4. The minimum absolute atomic E-state index is 0.148. The first-order valence-electron chi connectivity index (χ1n) is 12.3. The van der Waals surface area contributed by atoms with Crippen LogP contribution in [0.5, 0.6) is 0 Å². The molecule has 2 aromatic carbocycles. The molecule has 2 aliphatic heterocycles. The van der Waals surface area contributed by atoms with E-state index in [1.165, 1.54) is 4.90 Å². The van der Waals surface area contributed by atoms with Crippen molar-refractivity contribution in [2.75, 3.05) is 18.5 Å². The quantitative estimate of drug-likeness (QED) is 0.568. The van der Waals surface area contributed by atoms with Gasteiger partial charge in [0, 0.05) is 32.5 Å². The molecule has 0 radical (unpaired) electrons. The summed E-state index contributed by atoms with van der Waals surface area (Å²) >= 11 is 0. The fourth-order valence-electron chi connectivity index (χ4n) is 5.43. The fraction of sp³-hybridized carbons (Fsp3) is 0.286. The molecule has 3 heterocycles. The van der Waals surface area contributed by atoms with Gasteiger partial charge < -0.3 is 19.8 Å². The number of piperazine rings is 1. The molecule has 0 unspecified atom stereocenters. The number of hydrogen-bond acceptors (Lipinski definition) is 4. The highest BCUT2D eigenvalue weighted by Gasteiger charge is 2.54. The first-order valence-corrected chi connectivity index (χ1v) is 12.3. The Morgan fingerprint density at radius 2 is 1.57 bits per heavy atom. The van der Waals surface area contributed by atoms with Gasteiger partial charge in [0.2, 0.25) is 0 Å². The maximum atomic E-state index is 14.1. The number of aromatic nitrogens is 1. The number of carbonyl (C=O) groups is 3. The zero-order valence-corrected chi connectivity index (χ0v) is 20.6. The lowest BCUT2D eigenvalue weighted by Crippen LogP contribution is -2.67. The first-order chi connectivity index (χ1) is 18.0. The number of carboxylic acids is 1. The molecule has 37 heavy (non-hydrogen) atoms. The third-order valence-electron chi connectivity index (χ3n) is 7.06. The van der Waals surface area contributed by atoms with Crippen LogP contribution >= 0.6 is 0 Å². The van der Waals surface area contributed by atoms with Crippen LogP contribution < -0.4 is 4.90 Å². The van der Waals surface area contributed by atoms with Gasteiger partial charge in [-0.05, 0) is 48.7 Å². The van der Waals surface area contributed by atoms with E-state index in [9.17, 15) is 19.5 Å². The topological polar surface area (TPSA) is 97.3 Å². The van der Waals surface area contributed by atoms with Crippen molar-refractivity contribution in [2.24, 2.45) is 0 Å². The van der Waals surface area contributed by atoms with Crippen molar-refractivity contribution in [3.63, 3.8) is 0 Å². The van der Waals surface area contributed by atoms with Crippen molar-refractivity contribution in [3.05, 3.63) is 90.8 Å². The molecule has 2 fully saturated rings. The second kappa shape index (κ2) is 10.3. The Labute approximate surface area is 215 Å². The monoisotopic (exact) mass is 499 g/mol. The number of amides is 4. The van der Waals surface area contributed by atoms with Gasteiger partial charge in [-0.2, -0.15) is 0 Å². The number of urea groups is 2. The molecular weight excluding hydrogens is 470 g/mol. The molecule has 0 saturated carbocycles. The second-order valence-corrected chi connectivity index (χ2v) is 9.43. The van der Waals surface area contributed by atoms with E-state index in [0.717, 1.165) is 5.56 Å². The van der Waals surface area contributed by atoms with Crippen LogP contribution in [0.25, 0.3) is 0 Å². The number of benzene rings is 2. The molecule has 2 saturated heterocycles. The number of carbonyl (C=O) groups excluding carboxylic acids is 2. The lowest BCUT2D eigenvalue weighted by Gasteiger charge is -2.47. The molecular formula is C28H29N5O4. The third kappa shape index (κ3) is 4.72. The molecule has 9 nitrogen and oxygen atoms in total. The maximum Gasteiger partial charge on any atom is 0.329 e. The Morgan fingerprint density at radius 1 is 0.919 bits per heavy atom. The lowest BCUT2D eigenvalue weighted by atomic mass is 10.0. The summed E-state index contributed by atoms with van der Waals surface area (Å²) in [7, 11) is 1.70. The standard InChI is InChI=1S/C28H29N5O4/c1-30(18-20-9-8-16-29-17-20)27(36)33-23-14-15-24(33)25(26(34)35)31(19-23)28(37)32(21-10-4-2-5-11-21)22-12-6-3-7-13-22/h2-13,16-17,23-25H,14-15,18-19H2,1H3,(H,34,35)/t23-,24+,25-/m0/s1. The highest BCUT2D eigenvalue weighted by molar-refractivity contribution is 6.01. The van der Waals surface area contributed by atoms with Gasteiger partial charge >= 0.3 is 18.0 Å². The number of fused-ring (bicyclic) bond motifs is 2. The summed E-state index contributed by atoms with van der Waals surface area (Å²) in [6, 6.07) is 19.4. The summed E-state index contributed by atoms with van der Waals surface area (Å²) in [5, 5.41) is 10.3. The largest absolute Gasteiger partial charge is 0.480 e. The summed E-state index contributed by atoms with van der Waals surface area (Å²) in [6.07, 6.45) is 4.54. The van der Waals surface area contributed by atoms with Crippen LogP contribution in [0.4, 0.5) is 21.0 Å². The van der Waals surface area contributed by atoms with Gasteiger partial charge in [0.05, 0.1) is 23.5 Å². The van der Waals surface area contributed by atoms with E-state index < -0.39 is 24.1 Å². The smallest absolute Gasteiger partial charge is 0.329 e. The Balaban J connectivity index is 1.43. The summed E-state index contributed by atoms with van der Waals surface area (Å²) < 4.78 is 0. The van der Waals surface area contributed by atoms with Crippen LogP contribution in [0.2, 0.25) is 0 Å². The molecule has 4 amide bonds. The van der Waals surface area contributed by atoms with Crippen molar-refractivity contribution in [1.29, 1.82) is 0 Å². The molecule has 1 N–H and O–H groups in total. The first kappa shape index (κ1) is 24.3. The lowest BCUT2D eigenvalue weighted by molar-refractivity contribution is -0.145. The second-order valence-electron chi connectivity index (χ2n) is 9.43. The molecule has 0 aliphatic carbocycles. The molecule has 3 aromatic rings. The Bertz CT molecular complexity index is 1220. The van der Waals surface area contributed by atoms with Crippen molar-refractivity contribution in [2.45, 2.75) is 37.5 Å². The average Bonchev–Trinajstić information content (AvgIpc) is 3.22. The fourth-order valence-corrected chi connectivity index (χ4v) is 5.43. The predicted molar refractivity (Wildman–Crippen MR) is 138 cm³/mol. The van der Waals surface area contributed by atoms with E-state index in [-0.39, 0.29) is 18.6 Å². The minimum Gasteiger partial charge on any atom is -0.480 e. The summed E-state index contributed by atoms with van der Waals surface area (Å²) in [5.41, 5.74) is 2.17. The number of carboxylic acid groups (broad SMARTS) is 1. The maximum absolute atomic E-state index is 14.1. The van der Waals surface area contributed by atoms with Gasteiger partial charge in [-0.3, -0.25) is 9.88 Å². The van der Waals surface area contributed by atoms with Gasteiger partial charge in [0.25, 0.3) is 0 Å². The van der Waals surface area contributed by atoms with E-state index >= 15 is 0 Å². The Morgan fingerprint density at radius 3 is 2.14 bits per heavy atom. The van der Waals surface area contributed by atoms with Gasteiger partial charge in [-0.25, -0.2) is 14.4 Å². The van der Waals surface area contributed by atoms with Crippen LogP contribution in [0.1, 0.15) is 18.4 Å². The van der Waals surface area contributed by atoms with Crippen LogP contribution in [0.3, 0.4) is 0 Å². The average molecular weight is 500 g/mol. The van der Waals surface area contributed by atoms with Crippen LogP contribution in [-0.2, 0) is 11.3 Å². The normalized spacial score (nSPS) is 20.4. The van der Waals surface area contributed by atoms with E-state index in [2.05, 4.69) is 4.98 Å². The zero-order valence-electron chi connectivity index (χ0n) is 20.6. The van der Waals surface area contributed by atoms with Crippen molar-refractivity contribution >= 4 is 29.4 Å². The van der Waals surface area contributed by atoms with Crippen molar-refractivity contribution in [1.82, 2.24) is 19.7 Å². The molecule has 9 heteroatoms. The summed E-state index contributed by atoms with van der Waals surface area (Å²) in [5.74, 6) is -1.12. The molecule has 0 spiro atoms. The van der Waals surface area contributed by atoms with Crippen molar-refractivity contribution < 1.29 is 19.5 Å². The number of likely N-dealkylation sites (tertiary alicyclic amines) is 1. The molecule has 190 valence electrons. The summed E-state index contributed by atoms with van der Waals surface area (Å²) in [4.78, 5) is 50.5. The zero-order chi connectivity index (χ0) is 25.9. The third-order valence-corrected chi connectivity index (χ3v) is 7.06. The molecule has 5 rings (SSSR count). The number of anilines is 2. The highest BCUT2D eigenvalue weighted by Crippen LogP contribution is 2.37. The van der Waals surface area contributed by atoms with Gasteiger partial charge in [-0.15, -0.1) is 0 Å². The number of rotatable bonds is 5.